The van der Waals surface area contributed by atoms with Gasteiger partial charge in [0.15, 0.2) is 0 Å². The largest absolute Gasteiger partial charge is 0.462 e. The molecule has 0 aliphatic heterocycles. The molecule has 0 saturated carbocycles. The van der Waals surface area contributed by atoms with Gasteiger partial charge in [-0.3, -0.25) is 0 Å². The lowest BCUT2D eigenvalue weighted by molar-refractivity contribution is 0.0525. The van der Waals surface area contributed by atoms with Crippen LogP contribution in [0.15, 0.2) is 66.9 Å². The summed E-state index contributed by atoms with van der Waals surface area (Å²) in [5, 5.41) is 2.29. The molecule has 0 bridgehead atoms. The molecule has 2 aromatic heterocycles. The molecule has 0 N–H and O–H groups in total. The van der Waals surface area contributed by atoms with E-state index in [9.17, 15) is 4.79 Å². The zero-order valence-corrected chi connectivity index (χ0v) is 15.9. The van der Waals surface area contributed by atoms with Gasteiger partial charge >= 0.3 is 5.97 Å². The molecule has 27 heavy (non-hydrogen) atoms. The van der Waals surface area contributed by atoms with Gasteiger partial charge in [0, 0.05) is 22.8 Å². The third-order valence-electron chi connectivity index (χ3n) is 4.95. The number of ether oxygens (including phenoxy) is 1. The molecule has 3 nitrogen and oxygen atoms in total. The molecule has 0 amide bonds. The van der Waals surface area contributed by atoms with Crippen LogP contribution in [0.25, 0.3) is 27.4 Å². The molecule has 136 valence electrons. The average Bonchev–Trinajstić information content (AvgIpc) is 3.05. The molecular weight excluding hydrogens is 334 g/mol. The van der Waals surface area contributed by atoms with E-state index in [-0.39, 0.29) is 11.9 Å². The molecule has 0 saturated heterocycles. The maximum Gasteiger partial charge on any atom is 0.340 e. The minimum Gasteiger partial charge on any atom is -0.462 e. The van der Waals surface area contributed by atoms with Crippen molar-refractivity contribution in [3.63, 3.8) is 0 Å². The van der Waals surface area contributed by atoms with Crippen LogP contribution in [0.4, 0.5) is 0 Å². The number of fused-ring (bicyclic) bond motifs is 3. The van der Waals surface area contributed by atoms with Gasteiger partial charge in [-0.15, -0.1) is 0 Å². The first kappa shape index (κ1) is 17.3. The number of benzene rings is 2. The maximum atomic E-state index is 13.0. The number of pyridine rings is 1. The van der Waals surface area contributed by atoms with Crippen LogP contribution in [0.2, 0.25) is 0 Å². The summed E-state index contributed by atoms with van der Waals surface area (Å²) < 4.78 is 7.64. The molecule has 2 aromatic carbocycles. The summed E-state index contributed by atoms with van der Waals surface area (Å²) in [6.07, 6.45) is 2.07. The van der Waals surface area contributed by atoms with Gasteiger partial charge < -0.3 is 9.14 Å². The molecule has 2 heterocycles. The van der Waals surface area contributed by atoms with Crippen LogP contribution in [0.1, 0.15) is 42.7 Å². The Balaban J connectivity index is 2.23. The summed E-state index contributed by atoms with van der Waals surface area (Å²) in [7, 11) is 0. The van der Waals surface area contributed by atoms with Crippen molar-refractivity contribution in [3.8, 4) is 11.1 Å². The number of hydrogen-bond donors (Lipinski definition) is 0. The number of esters is 1. The van der Waals surface area contributed by atoms with Crippen LogP contribution in [0.5, 0.6) is 0 Å². The molecule has 0 atom stereocenters. The molecule has 4 rings (SSSR count). The third-order valence-corrected chi connectivity index (χ3v) is 4.95. The van der Waals surface area contributed by atoms with Crippen molar-refractivity contribution in [2.75, 3.05) is 6.61 Å². The Morgan fingerprint density at radius 1 is 1.00 bits per heavy atom. The van der Waals surface area contributed by atoms with Crippen molar-refractivity contribution >= 4 is 22.3 Å². The summed E-state index contributed by atoms with van der Waals surface area (Å²) in [5.74, 6) is -0.0802. The first-order chi connectivity index (χ1) is 13.1. The Morgan fingerprint density at radius 3 is 2.41 bits per heavy atom. The van der Waals surface area contributed by atoms with E-state index in [1.54, 1.807) is 0 Å². The van der Waals surface area contributed by atoms with Crippen LogP contribution in [-0.4, -0.2) is 17.0 Å². The molecule has 3 heteroatoms. The molecule has 4 aromatic rings. The second-order valence-corrected chi connectivity index (χ2v) is 7.00. The summed E-state index contributed by atoms with van der Waals surface area (Å²) in [5.41, 5.74) is 4.71. The van der Waals surface area contributed by atoms with Crippen LogP contribution < -0.4 is 0 Å². The predicted molar refractivity (Wildman–Crippen MR) is 110 cm³/mol. The van der Waals surface area contributed by atoms with Crippen LogP contribution in [-0.2, 0) is 4.74 Å². The summed E-state index contributed by atoms with van der Waals surface area (Å²) >= 11 is 0. The van der Waals surface area contributed by atoms with E-state index in [1.165, 1.54) is 0 Å². The number of hydrogen-bond acceptors (Lipinski definition) is 2. The van der Waals surface area contributed by atoms with Crippen molar-refractivity contribution < 1.29 is 9.53 Å². The van der Waals surface area contributed by atoms with Crippen LogP contribution >= 0.6 is 0 Å². The monoisotopic (exact) mass is 357 g/mol. The Bertz CT molecular complexity index is 1120. The molecule has 0 fully saturated rings. The number of nitrogens with zero attached hydrogens (tertiary/aromatic N) is 1. The van der Waals surface area contributed by atoms with E-state index in [0.717, 1.165) is 33.1 Å². The highest BCUT2D eigenvalue weighted by atomic mass is 16.5. The highest BCUT2D eigenvalue weighted by molar-refractivity contribution is 6.11. The number of aromatic nitrogens is 1. The molecular formula is C24H23NO2. The Morgan fingerprint density at radius 2 is 1.70 bits per heavy atom. The summed E-state index contributed by atoms with van der Waals surface area (Å²) in [4.78, 5) is 13.0. The quantitative estimate of drug-likeness (QED) is 0.416. The van der Waals surface area contributed by atoms with Crippen molar-refractivity contribution in [1.29, 1.82) is 0 Å². The van der Waals surface area contributed by atoms with Gasteiger partial charge in [0.2, 0.25) is 0 Å². The van der Waals surface area contributed by atoms with Crippen molar-refractivity contribution in [2.24, 2.45) is 0 Å². The van der Waals surface area contributed by atoms with E-state index in [2.05, 4.69) is 54.8 Å². The van der Waals surface area contributed by atoms with E-state index in [0.29, 0.717) is 12.2 Å². The van der Waals surface area contributed by atoms with Gasteiger partial charge in [0.1, 0.15) is 0 Å². The van der Waals surface area contributed by atoms with Gasteiger partial charge in [-0.1, -0.05) is 68.4 Å². The van der Waals surface area contributed by atoms with E-state index in [1.807, 2.05) is 37.3 Å². The lowest BCUT2D eigenvalue weighted by atomic mass is 9.96. The summed E-state index contributed by atoms with van der Waals surface area (Å²) in [6, 6.07) is 20.6. The van der Waals surface area contributed by atoms with Gasteiger partial charge in [-0.25, -0.2) is 4.79 Å². The Hall–Kier alpha value is -3.07. The summed E-state index contributed by atoms with van der Waals surface area (Å²) in [6.45, 7) is 6.45. The normalized spacial score (nSPS) is 11.4. The molecule has 0 radical (unpaired) electrons. The molecule has 0 aliphatic rings. The minimum atomic E-state index is -0.257. The first-order valence-electron chi connectivity index (χ1n) is 9.41. The van der Waals surface area contributed by atoms with E-state index < -0.39 is 0 Å². The second kappa shape index (κ2) is 6.92. The van der Waals surface area contributed by atoms with E-state index >= 15 is 0 Å². The standard InChI is InChI=1S/C24H23NO2/c1-4-27-24(26)21-20(18-11-6-5-7-12-18)23-19-13-9-8-10-17(19)14-15-25(23)22(21)16(2)3/h5-16H,4H2,1-3H3. The molecule has 0 unspecified atom stereocenters. The number of rotatable bonds is 4. The maximum absolute atomic E-state index is 13.0. The van der Waals surface area contributed by atoms with Gasteiger partial charge in [-0.2, -0.15) is 0 Å². The van der Waals surface area contributed by atoms with Crippen molar-refractivity contribution in [3.05, 3.63) is 78.1 Å². The van der Waals surface area contributed by atoms with Gasteiger partial charge in [-0.05, 0) is 29.9 Å². The highest BCUT2D eigenvalue weighted by Crippen LogP contribution is 2.40. The number of carbonyl (C=O) groups excluding carboxylic acids is 1. The van der Waals surface area contributed by atoms with Gasteiger partial charge in [0.25, 0.3) is 0 Å². The fourth-order valence-electron chi connectivity index (χ4n) is 3.90. The lowest BCUT2D eigenvalue weighted by Crippen LogP contribution is -2.09. The highest BCUT2D eigenvalue weighted by Gasteiger charge is 2.28. The fourth-order valence-corrected chi connectivity index (χ4v) is 3.90. The zero-order valence-electron chi connectivity index (χ0n) is 15.9. The SMILES string of the molecule is CCOC(=O)c1c(-c2ccccc2)c2c3ccccc3ccn2c1C(C)C. The lowest BCUT2D eigenvalue weighted by Gasteiger charge is -2.10. The second-order valence-electron chi connectivity index (χ2n) is 7.00. The Labute approximate surface area is 159 Å². The van der Waals surface area contributed by atoms with Gasteiger partial charge in [0.05, 0.1) is 17.7 Å². The number of carbonyl (C=O) groups is 1. The first-order valence-corrected chi connectivity index (χ1v) is 9.41. The minimum absolute atomic E-state index is 0.176. The third kappa shape index (κ3) is 2.80. The molecule has 0 spiro atoms. The van der Waals surface area contributed by atoms with Crippen molar-refractivity contribution in [1.82, 2.24) is 4.40 Å². The van der Waals surface area contributed by atoms with Crippen LogP contribution in [0.3, 0.4) is 0 Å². The molecule has 0 aliphatic carbocycles. The smallest absolute Gasteiger partial charge is 0.340 e. The van der Waals surface area contributed by atoms with Crippen molar-refractivity contribution in [2.45, 2.75) is 26.7 Å². The van der Waals surface area contributed by atoms with Crippen LogP contribution in [0, 0.1) is 0 Å². The average molecular weight is 357 g/mol. The predicted octanol–water partition coefficient (Wildman–Crippen LogP) is 6.06. The topological polar surface area (TPSA) is 30.7 Å². The Kier molecular flexibility index (Phi) is 4.44. The van der Waals surface area contributed by atoms with E-state index in [4.69, 9.17) is 4.74 Å². The zero-order chi connectivity index (χ0) is 19.0. The fraction of sp³-hybridized carbons (Fsp3) is 0.208.